The summed E-state index contributed by atoms with van der Waals surface area (Å²) in [5.74, 6) is -1.17. The zero-order valence-corrected chi connectivity index (χ0v) is 16.3. The van der Waals surface area contributed by atoms with E-state index in [1.54, 1.807) is 36.3 Å². The van der Waals surface area contributed by atoms with Gasteiger partial charge in [-0.25, -0.2) is 18.7 Å². The highest BCUT2D eigenvalue weighted by atomic mass is 19.1. The van der Waals surface area contributed by atoms with E-state index in [-0.39, 0.29) is 35.7 Å². The molecule has 4 rings (SSSR count). The summed E-state index contributed by atoms with van der Waals surface area (Å²) >= 11 is 0. The number of alkyl halides is 1. The maximum atomic E-state index is 14.6. The third-order valence-electron chi connectivity index (χ3n) is 4.93. The summed E-state index contributed by atoms with van der Waals surface area (Å²) < 4.78 is 29.8. The van der Waals surface area contributed by atoms with Crippen LogP contribution in [0.5, 0.6) is 0 Å². The van der Waals surface area contributed by atoms with Crippen molar-refractivity contribution in [2.75, 3.05) is 18.8 Å². The molecule has 30 heavy (non-hydrogen) atoms. The number of amides is 1. The van der Waals surface area contributed by atoms with Gasteiger partial charge in [0.2, 0.25) is 0 Å². The fourth-order valence-corrected chi connectivity index (χ4v) is 3.42. The van der Waals surface area contributed by atoms with E-state index in [9.17, 15) is 13.6 Å². The Kier molecular flexibility index (Phi) is 5.40. The Morgan fingerprint density at radius 2 is 2.13 bits per heavy atom. The van der Waals surface area contributed by atoms with Gasteiger partial charge in [-0.05, 0) is 17.7 Å². The van der Waals surface area contributed by atoms with Crippen LogP contribution in [0.25, 0.3) is 22.4 Å². The molecule has 0 saturated carbocycles. The second-order valence-electron chi connectivity index (χ2n) is 7.25. The van der Waals surface area contributed by atoms with Crippen molar-refractivity contribution in [1.82, 2.24) is 30.4 Å². The highest BCUT2D eigenvalue weighted by molar-refractivity contribution is 5.97. The molecule has 10 heteroatoms. The number of anilines is 1. The number of piperidine rings is 1. The number of hydrogen-bond acceptors (Lipinski definition) is 6. The third kappa shape index (κ3) is 4.13. The number of nitrogens with one attached hydrogen (secondary N) is 2. The fourth-order valence-electron chi connectivity index (χ4n) is 3.42. The zero-order chi connectivity index (χ0) is 21.3. The molecule has 0 unspecified atom stereocenters. The molecule has 0 spiro atoms. The number of aryl methyl sites for hydroxylation is 1. The molecule has 1 amide bonds. The smallest absolute Gasteiger partial charge is 0.274 e. The summed E-state index contributed by atoms with van der Waals surface area (Å²) in [6, 6.07) is 4.19. The van der Waals surface area contributed by atoms with E-state index >= 15 is 0 Å². The first-order valence-corrected chi connectivity index (χ1v) is 9.48. The minimum atomic E-state index is -1.04. The van der Waals surface area contributed by atoms with Crippen molar-refractivity contribution >= 4 is 11.7 Å². The summed E-state index contributed by atoms with van der Waals surface area (Å²) in [7, 11) is 1.79. The molecule has 0 bridgehead atoms. The van der Waals surface area contributed by atoms with Crippen molar-refractivity contribution in [3.8, 4) is 22.4 Å². The van der Waals surface area contributed by atoms with Gasteiger partial charge < -0.3 is 16.4 Å². The fraction of sp³-hybridized carbons (Fsp3) is 0.300. The van der Waals surface area contributed by atoms with Crippen molar-refractivity contribution in [3.05, 3.63) is 48.3 Å². The lowest BCUT2D eigenvalue weighted by molar-refractivity contribution is 0.0914. The maximum absolute atomic E-state index is 14.6. The average Bonchev–Trinajstić information content (AvgIpc) is 3.15. The van der Waals surface area contributed by atoms with Gasteiger partial charge in [0, 0.05) is 49.9 Å². The number of nitrogen functional groups attached to an aromatic ring is 1. The van der Waals surface area contributed by atoms with Gasteiger partial charge in [0.05, 0.1) is 18.1 Å². The zero-order valence-electron chi connectivity index (χ0n) is 16.3. The van der Waals surface area contributed by atoms with E-state index in [2.05, 4.69) is 25.7 Å². The normalized spacial score (nSPS) is 18.9. The van der Waals surface area contributed by atoms with E-state index in [0.717, 1.165) is 11.1 Å². The molecule has 156 valence electrons. The first-order chi connectivity index (χ1) is 14.4. The quantitative estimate of drug-likeness (QED) is 0.600. The third-order valence-corrected chi connectivity index (χ3v) is 4.93. The van der Waals surface area contributed by atoms with Gasteiger partial charge in [-0.15, -0.1) is 0 Å². The first kappa shape index (κ1) is 19.9. The van der Waals surface area contributed by atoms with Crippen LogP contribution < -0.4 is 16.4 Å². The van der Waals surface area contributed by atoms with Crippen molar-refractivity contribution < 1.29 is 13.6 Å². The van der Waals surface area contributed by atoms with Crippen molar-refractivity contribution in [1.29, 1.82) is 0 Å². The molecule has 0 radical (unpaired) electrons. The highest BCUT2D eigenvalue weighted by Gasteiger charge is 2.25. The molecule has 2 aromatic heterocycles. The Hall–Kier alpha value is -3.40. The summed E-state index contributed by atoms with van der Waals surface area (Å²) in [6.45, 7) is 0.706. The van der Waals surface area contributed by atoms with Gasteiger partial charge in [0.25, 0.3) is 5.91 Å². The predicted octanol–water partition coefficient (Wildman–Crippen LogP) is 1.70. The second-order valence-corrected chi connectivity index (χ2v) is 7.25. The Bertz CT molecular complexity index is 1080. The standard InChI is InChI=1S/C20H21F2N7O/c1-29-10-12(6-26-29)11-2-3-16(22)15(4-11)17-9-25-19(23)18(28-17)20(30)27-14-5-13(21)7-24-8-14/h2-4,6,9-10,13-14,24H,5,7-8H2,1H3,(H2,23,25)(H,27,30)/t13-,14-/m0/s1. The monoisotopic (exact) mass is 413 g/mol. The Morgan fingerprint density at radius 3 is 2.87 bits per heavy atom. The maximum Gasteiger partial charge on any atom is 0.274 e. The molecule has 2 atom stereocenters. The number of aromatic nitrogens is 4. The van der Waals surface area contributed by atoms with Crippen LogP contribution in [0, 0.1) is 5.82 Å². The summed E-state index contributed by atoms with van der Waals surface area (Å²) in [4.78, 5) is 20.9. The van der Waals surface area contributed by atoms with Crippen LogP contribution in [0.4, 0.5) is 14.6 Å². The van der Waals surface area contributed by atoms with Gasteiger partial charge >= 0.3 is 0 Å². The largest absolute Gasteiger partial charge is 0.382 e. The van der Waals surface area contributed by atoms with Crippen LogP contribution in [-0.4, -0.2) is 51.0 Å². The SMILES string of the molecule is Cn1cc(-c2ccc(F)c(-c3cnc(N)c(C(=O)N[C@@H]4CNC[C@@H](F)C4)n3)c2)cn1. The lowest BCUT2D eigenvalue weighted by Gasteiger charge is -2.26. The van der Waals surface area contributed by atoms with E-state index in [0.29, 0.717) is 6.54 Å². The summed E-state index contributed by atoms with van der Waals surface area (Å²) in [6.07, 6.45) is 3.95. The molecule has 1 aromatic carbocycles. The molecule has 3 heterocycles. The molecular formula is C20H21F2N7O. The molecule has 4 N–H and O–H groups in total. The average molecular weight is 413 g/mol. The number of benzene rings is 1. The number of carbonyl (C=O) groups is 1. The lowest BCUT2D eigenvalue weighted by atomic mass is 10.0. The molecule has 1 fully saturated rings. The van der Waals surface area contributed by atoms with Gasteiger partial charge in [0.1, 0.15) is 12.0 Å². The summed E-state index contributed by atoms with van der Waals surface area (Å²) in [5.41, 5.74) is 7.61. The number of halogens is 2. The van der Waals surface area contributed by atoms with Crippen molar-refractivity contribution in [2.24, 2.45) is 7.05 Å². The second kappa shape index (κ2) is 8.15. The Balaban J connectivity index is 1.63. The van der Waals surface area contributed by atoms with Crippen molar-refractivity contribution in [2.45, 2.75) is 18.6 Å². The minimum Gasteiger partial charge on any atom is -0.382 e. The van der Waals surface area contributed by atoms with E-state index in [1.807, 2.05) is 0 Å². The van der Waals surface area contributed by atoms with Gasteiger partial charge in [-0.3, -0.25) is 9.48 Å². The van der Waals surface area contributed by atoms with Gasteiger partial charge in [-0.2, -0.15) is 5.10 Å². The lowest BCUT2D eigenvalue weighted by Crippen LogP contribution is -2.49. The number of hydrogen-bond donors (Lipinski definition) is 3. The molecule has 1 saturated heterocycles. The number of nitrogens with zero attached hydrogens (tertiary/aromatic N) is 4. The minimum absolute atomic E-state index is 0.0827. The Labute approximate surface area is 171 Å². The number of carbonyl (C=O) groups excluding carboxylic acids is 1. The van der Waals surface area contributed by atoms with Crippen LogP contribution in [0.1, 0.15) is 16.9 Å². The highest BCUT2D eigenvalue weighted by Crippen LogP contribution is 2.28. The van der Waals surface area contributed by atoms with E-state index in [4.69, 9.17) is 5.73 Å². The van der Waals surface area contributed by atoms with Crippen LogP contribution >= 0.6 is 0 Å². The molecule has 0 aliphatic carbocycles. The van der Waals surface area contributed by atoms with Crippen LogP contribution in [-0.2, 0) is 7.05 Å². The van der Waals surface area contributed by atoms with Gasteiger partial charge in [-0.1, -0.05) is 6.07 Å². The Morgan fingerprint density at radius 1 is 1.30 bits per heavy atom. The molecule has 8 nitrogen and oxygen atoms in total. The van der Waals surface area contributed by atoms with Gasteiger partial charge in [0.15, 0.2) is 11.5 Å². The molecule has 1 aliphatic rings. The van der Waals surface area contributed by atoms with Crippen molar-refractivity contribution in [3.63, 3.8) is 0 Å². The molecule has 3 aromatic rings. The van der Waals surface area contributed by atoms with Crippen LogP contribution in [0.15, 0.2) is 36.8 Å². The first-order valence-electron chi connectivity index (χ1n) is 9.48. The topological polar surface area (TPSA) is 111 Å². The molecular weight excluding hydrogens is 392 g/mol. The van der Waals surface area contributed by atoms with E-state index < -0.39 is 23.9 Å². The van der Waals surface area contributed by atoms with E-state index in [1.165, 1.54) is 12.3 Å². The summed E-state index contributed by atoms with van der Waals surface area (Å²) in [5, 5.41) is 9.74. The number of nitrogens with two attached hydrogens (primary N) is 1. The van der Waals surface area contributed by atoms with Crippen LogP contribution in [0.2, 0.25) is 0 Å². The van der Waals surface area contributed by atoms with Crippen LogP contribution in [0.3, 0.4) is 0 Å². The predicted molar refractivity (Wildman–Crippen MR) is 108 cm³/mol. The molecule has 1 aliphatic heterocycles. The number of rotatable bonds is 4.